The maximum Gasteiger partial charge on any atom is 0.269 e. The highest BCUT2D eigenvalue weighted by atomic mass is 35.5. The summed E-state index contributed by atoms with van der Waals surface area (Å²) in [4.78, 5) is 4.64. The van der Waals surface area contributed by atoms with Crippen LogP contribution in [-0.2, 0) is 10.0 Å². The summed E-state index contributed by atoms with van der Waals surface area (Å²) in [6, 6.07) is 12.6. The van der Waals surface area contributed by atoms with Gasteiger partial charge in [0.1, 0.15) is 0 Å². The molecule has 24 heavy (non-hydrogen) atoms. The minimum Gasteiger partial charge on any atom is -0.233 e. The highest BCUT2D eigenvalue weighted by Gasteiger charge is 2.24. The summed E-state index contributed by atoms with van der Waals surface area (Å²) in [6.45, 7) is 5.31. The van der Waals surface area contributed by atoms with Gasteiger partial charge in [-0.05, 0) is 44.0 Å². The Morgan fingerprint density at radius 3 is 2.33 bits per heavy atom. The summed E-state index contributed by atoms with van der Waals surface area (Å²) in [5.41, 5.74) is 2.72. The molecule has 0 radical (unpaired) electrons. The standard InChI is InChI=1S/C18H17ClN2O2S/c1-12-10-17(13(2)9-16(12)19)24(22,23)21-11-14(3)20-18(21)15-7-5-4-6-8-15/h4-11H,1-3H3. The SMILES string of the molecule is Cc1cn(S(=O)(=O)c2cc(C)c(Cl)cc2C)c(-c2ccccc2)n1. The van der Waals surface area contributed by atoms with Crippen molar-refractivity contribution in [3.8, 4) is 11.4 Å². The van der Waals surface area contributed by atoms with Crippen LogP contribution < -0.4 is 0 Å². The molecular weight excluding hydrogens is 344 g/mol. The molecule has 2 aromatic carbocycles. The Hall–Kier alpha value is -2.11. The molecule has 0 spiro atoms. The van der Waals surface area contributed by atoms with Gasteiger partial charge in [0.15, 0.2) is 5.82 Å². The van der Waals surface area contributed by atoms with Gasteiger partial charge in [-0.1, -0.05) is 41.9 Å². The van der Waals surface area contributed by atoms with Crippen LogP contribution in [0.5, 0.6) is 0 Å². The minimum atomic E-state index is -3.77. The van der Waals surface area contributed by atoms with Crippen LogP contribution in [0.1, 0.15) is 16.8 Å². The Morgan fingerprint density at radius 2 is 1.67 bits per heavy atom. The van der Waals surface area contributed by atoms with Crippen molar-refractivity contribution in [2.45, 2.75) is 25.7 Å². The highest BCUT2D eigenvalue weighted by molar-refractivity contribution is 7.90. The summed E-state index contributed by atoms with van der Waals surface area (Å²) in [5.74, 6) is 0.403. The summed E-state index contributed by atoms with van der Waals surface area (Å²) >= 11 is 6.10. The first-order valence-corrected chi connectivity index (χ1v) is 9.26. The Kier molecular flexibility index (Phi) is 4.24. The van der Waals surface area contributed by atoms with Crippen LogP contribution in [0.2, 0.25) is 5.02 Å². The Labute approximate surface area is 146 Å². The number of benzene rings is 2. The van der Waals surface area contributed by atoms with Crippen LogP contribution in [0.3, 0.4) is 0 Å². The number of nitrogens with zero attached hydrogens (tertiary/aromatic N) is 2. The fourth-order valence-electron chi connectivity index (χ4n) is 2.58. The van der Waals surface area contributed by atoms with Crippen LogP contribution in [0.15, 0.2) is 53.6 Å². The number of aromatic nitrogens is 2. The molecule has 3 aromatic rings. The van der Waals surface area contributed by atoms with E-state index in [1.165, 1.54) is 3.97 Å². The van der Waals surface area contributed by atoms with E-state index >= 15 is 0 Å². The Morgan fingerprint density at radius 1 is 1.00 bits per heavy atom. The maximum atomic E-state index is 13.2. The third-order valence-electron chi connectivity index (χ3n) is 3.82. The molecule has 1 aromatic heterocycles. The molecule has 0 aliphatic heterocycles. The van der Waals surface area contributed by atoms with Crippen molar-refractivity contribution in [3.63, 3.8) is 0 Å². The maximum absolute atomic E-state index is 13.2. The van der Waals surface area contributed by atoms with Gasteiger partial charge in [-0.25, -0.2) is 17.4 Å². The van der Waals surface area contributed by atoms with Gasteiger partial charge in [-0.15, -0.1) is 0 Å². The molecule has 0 amide bonds. The van der Waals surface area contributed by atoms with Gasteiger partial charge in [-0.3, -0.25) is 0 Å². The second kappa shape index (κ2) is 6.07. The number of halogens is 1. The molecule has 0 bridgehead atoms. The van der Waals surface area contributed by atoms with Crippen LogP contribution in [0.25, 0.3) is 11.4 Å². The van der Waals surface area contributed by atoms with Crippen LogP contribution in [-0.4, -0.2) is 17.4 Å². The zero-order chi connectivity index (χ0) is 17.5. The Balaban J connectivity index is 2.25. The lowest BCUT2D eigenvalue weighted by molar-refractivity contribution is 0.587. The molecule has 6 heteroatoms. The van der Waals surface area contributed by atoms with E-state index in [4.69, 9.17) is 11.6 Å². The second-order valence-electron chi connectivity index (χ2n) is 5.74. The molecule has 1 heterocycles. The van der Waals surface area contributed by atoms with E-state index in [9.17, 15) is 8.42 Å². The lowest BCUT2D eigenvalue weighted by atomic mass is 10.2. The van der Waals surface area contributed by atoms with Crippen molar-refractivity contribution >= 4 is 21.6 Å². The minimum absolute atomic E-state index is 0.235. The summed E-state index contributed by atoms with van der Waals surface area (Å²) in [5, 5.41) is 0.552. The van der Waals surface area contributed by atoms with E-state index in [0.29, 0.717) is 22.1 Å². The molecule has 0 saturated carbocycles. The first-order valence-electron chi connectivity index (χ1n) is 7.44. The van der Waals surface area contributed by atoms with Crippen molar-refractivity contribution in [1.82, 2.24) is 8.96 Å². The van der Waals surface area contributed by atoms with Crippen LogP contribution in [0, 0.1) is 20.8 Å². The fraction of sp³-hybridized carbons (Fsp3) is 0.167. The largest absolute Gasteiger partial charge is 0.269 e. The number of hydrogen-bond acceptors (Lipinski definition) is 3. The second-order valence-corrected chi connectivity index (χ2v) is 7.93. The molecule has 3 rings (SSSR count). The average Bonchev–Trinajstić information content (AvgIpc) is 2.94. The normalized spacial score (nSPS) is 11.7. The summed E-state index contributed by atoms with van der Waals surface area (Å²) in [7, 11) is -3.77. The number of rotatable bonds is 3. The molecule has 0 saturated heterocycles. The van der Waals surface area contributed by atoms with Crippen molar-refractivity contribution in [2.75, 3.05) is 0 Å². The van der Waals surface area contributed by atoms with Gasteiger partial charge in [0, 0.05) is 16.8 Å². The molecular formula is C18H17ClN2O2S. The molecule has 0 fully saturated rings. The van der Waals surface area contributed by atoms with E-state index in [-0.39, 0.29) is 4.90 Å². The number of hydrogen-bond donors (Lipinski definition) is 0. The van der Waals surface area contributed by atoms with Crippen molar-refractivity contribution in [2.24, 2.45) is 0 Å². The topological polar surface area (TPSA) is 52.0 Å². The third kappa shape index (κ3) is 2.85. The fourth-order valence-corrected chi connectivity index (χ4v) is 4.46. The van der Waals surface area contributed by atoms with Gasteiger partial charge in [0.2, 0.25) is 0 Å². The van der Waals surface area contributed by atoms with E-state index in [1.807, 2.05) is 30.3 Å². The van der Waals surface area contributed by atoms with Gasteiger partial charge in [0.25, 0.3) is 10.0 Å². The number of imidazole rings is 1. The molecule has 0 unspecified atom stereocenters. The van der Waals surface area contributed by atoms with E-state index in [0.717, 1.165) is 11.1 Å². The average molecular weight is 361 g/mol. The first kappa shape index (κ1) is 16.7. The van der Waals surface area contributed by atoms with Crippen LogP contribution >= 0.6 is 11.6 Å². The van der Waals surface area contributed by atoms with Gasteiger partial charge in [-0.2, -0.15) is 0 Å². The quantitative estimate of drug-likeness (QED) is 0.697. The van der Waals surface area contributed by atoms with Crippen molar-refractivity contribution < 1.29 is 8.42 Å². The molecule has 0 aliphatic carbocycles. The zero-order valence-electron chi connectivity index (χ0n) is 13.6. The first-order chi connectivity index (χ1) is 11.3. The van der Waals surface area contributed by atoms with E-state index < -0.39 is 10.0 Å². The van der Waals surface area contributed by atoms with Gasteiger partial charge in [0.05, 0.1) is 10.6 Å². The monoisotopic (exact) mass is 360 g/mol. The smallest absolute Gasteiger partial charge is 0.233 e. The lowest BCUT2D eigenvalue weighted by Crippen LogP contribution is -2.15. The van der Waals surface area contributed by atoms with Crippen molar-refractivity contribution in [3.05, 3.63) is 70.5 Å². The molecule has 0 N–H and O–H groups in total. The predicted octanol–water partition coefficient (Wildman–Crippen LogP) is 4.37. The summed E-state index contributed by atoms with van der Waals surface area (Å²) in [6.07, 6.45) is 1.54. The summed E-state index contributed by atoms with van der Waals surface area (Å²) < 4.78 is 27.7. The van der Waals surface area contributed by atoms with Crippen LogP contribution in [0.4, 0.5) is 0 Å². The lowest BCUT2D eigenvalue weighted by Gasteiger charge is -2.13. The molecule has 4 nitrogen and oxygen atoms in total. The molecule has 124 valence electrons. The molecule has 0 aliphatic rings. The van der Waals surface area contributed by atoms with E-state index in [1.54, 1.807) is 39.1 Å². The third-order valence-corrected chi connectivity index (χ3v) is 6.02. The zero-order valence-corrected chi connectivity index (χ0v) is 15.2. The van der Waals surface area contributed by atoms with E-state index in [2.05, 4.69) is 4.98 Å². The Bertz CT molecular complexity index is 1010. The van der Waals surface area contributed by atoms with Gasteiger partial charge >= 0.3 is 0 Å². The van der Waals surface area contributed by atoms with Crippen molar-refractivity contribution in [1.29, 1.82) is 0 Å². The predicted molar refractivity (Wildman–Crippen MR) is 95.9 cm³/mol. The van der Waals surface area contributed by atoms with Gasteiger partial charge < -0.3 is 0 Å². The molecule has 0 atom stereocenters. The number of aryl methyl sites for hydroxylation is 3. The highest BCUT2D eigenvalue weighted by Crippen LogP contribution is 2.29.